The molecular weight excluding hydrogens is 362 g/mol. The summed E-state index contributed by atoms with van der Waals surface area (Å²) in [4.78, 5) is 15.6. The van der Waals surface area contributed by atoms with Crippen LogP contribution in [0, 0.1) is 0 Å². The molecule has 2 unspecified atom stereocenters. The number of ketones is 1. The molecule has 0 aliphatic carbocycles. The van der Waals surface area contributed by atoms with Gasteiger partial charge >= 0.3 is 0 Å². The minimum absolute atomic E-state index is 0.0566. The maximum atomic E-state index is 13.3. The number of methoxy groups -OCH3 is 2. The van der Waals surface area contributed by atoms with Crippen molar-refractivity contribution in [2.75, 3.05) is 14.2 Å². The first-order chi connectivity index (χ1) is 14.1. The Morgan fingerprint density at radius 1 is 0.862 bits per heavy atom. The normalized spacial score (nSPS) is 18.9. The highest BCUT2D eigenvalue weighted by Gasteiger charge is 2.39. The minimum atomic E-state index is -0.258. The monoisotopic (exact) mass is 387 g/mol. The van der Waals surface area contributed by atoms with Crippen molar-refractivity contribution in [1.29, 1.82) is 0 Å². The predicted molar refractivity (Wildman–Crippen MR) is 114 cm³/mol. The Balaban J connectivity index is 1.89. The summed E-state index contributed by atoms with van der Waals surface area (Å²) >= 11 is 0. The molecule has 4 nitrogen and oxygen atoms in total. The van der Waals surface area contributed by atoms with E-state index in [-0.39, 0.29) is 17.9 Å². The van der Waals surface area contributed by atoms with E-state index < -0.39 is 0 Å². The smallest absolute Gasteiger partial charge is 0.180 e. The van der Waals surface area contributed by atoms with Crippen LogP contribution in [0.1, 0.15) is 40.0 Å². The summed E-state index contributed by atoms with van der Waals surface area (Å²) in [5, 5.41) is 0. The van der Waals surface area contributed by atoms with Crippen molar-refractivity contribution in [3.8, 4) is 11.5 Å². The van der Waals surface area contributed by atoms with E-state index >= 15 is 0 Å². The average Bonchev–Trinajstić information content (AvgIpc) is 2.78. The van der Waals surface area contributed by atoms with Crippen LogP contribution in [0.4, 0.5) is 0 Å². The molecule has 148 valence electrons. The van der Waals surface area contributed by atoms with Gasteiger partial charge in [0.15, 0.2) is 17.3 Å². The first-order valence-corrected chi connectivity index (χ1v) is 9.78. The summed E-state index contributed by atoms with van der Waals surface area (Å²) in [6.45, 7) is 2.67. The van der Waals surface area contributed by atoms with Crippen LogP contribution in [0.5, 0.6) is 11.5 Å². The molecule has 0 bridgehead atoms. The molecule has 0 saturated heterocycles. The lowest BCUT2D eigenvalue weighted by Gasteiger charge is -2.41. The molecule has 4 heteroatoms. The molecule has 2 atom stereocenters. The van der Waals surface area contributed by atoms with Crippen LogP contribution in [0.3, 0.4) is 0 Å². The highest BCUT2D eigenvalue weighted by atomic mass is 16.5. The van der Waals surface area contributed by atoms with Gasteiger partial charge in [-0.25, -0.2) is 0 Å². The Kier molecular flexibility index (Phi) is 5.36. The molecule has 0 fully saturated rings. The van der Waals surface area contributed by atoms with Crippen molar-refractivity contribution < 1.29 is 14.3 Å². The zero-order valence-electron chi connectivity index (χ0n) is 17.0. The summed E-state index contributed by atoms with van der Waals surface area (Å²) in [6.07, 6.45) is 0. The maximum Gasteiger partial charge on any atom is 0.180 e. The molecule has 0 saturated carbocycles. The molecule has 1 heterocycles. The Labute approximate surface area is 171 Å². The second-order valence-electron chi connectivity index (χ2n) is 7.31. The van der Waals surface area contributed by atoms with Gasteiger partial charge in [-0.15, -0.1) is 0 Å². The van der Waals surface area contributed by atoms with Gasteiger partial charge in [-0.3, -0.25) is 9.69 Å². The van der Waals surface area contributed by atoms with Gasteiger partial charge in [-0.1, -0.05) is 60.7 Å². The molecule has 0 N–H and O–H groups in total. The van der Waals surface area contributed by atoms with Gasteiger partial charge in [-0.2, -0.15) is 0 Å². The van der Waals surface area contributed by atoms with Crippen molar-refractivity contribution in [3.05, 3.63) is 95.1 Å². The predicted octanol–water partition coefficient (Wildman–Crippen LogP) is 4.88. The first-order valence-electron chi connectivity index (χ1n) is 9.78. The lowest BCUT2D eigenvalue weighted by atomic mass is 9.83. The summed E-state index contributed by atoms with van der Waals surface area (Å²) in [6, 6.07) is 24.1. The van der Waals surface area contributed by atoms with Gasteiger partial charge in [0, 0.05) is 12.1 Å². The van der Waals surface area contributed by atoms with Crippen LogP contribution in [-0.2, 0) is 6.54 Å². The fraction of sp³-hybridized carbons (Fsp3) is 0.240. The molecule has 0 radical (unpaired) electrons. The minimum Gasteiger partial charge on any atom is -0.493 e. The molecule has 3 aromatic rings. The van der Waals surface area contributed by atoms with E-state index in [1.54, 1.807) is 14.2 Å². The lowest BCUT2D eigenvalue weighted by Crippen LogP contribution is -2.46. The molecule has 0 aromatic heterocycles. The van der Waals surface area contributed by atoms with Crippen molar-refractivity contribution in [2.45, 2.75) is 25.6 Å². The van der Waals surface area contributed by atoms with Crippen LogP contribution in [0.2, 0.25) is 0 Å². The number of rotatable bonds is 5. The summed E-state index contributed by atoms with van der Waals surface area (Å²) in [5.74, 6) is 1.31. The third kappa shape index (κ3) is 3.52. The molecule has 29 heavy (non-hydrogen) atoms. The van der Waals surface area contributed by atoms with E-state index in [0.717, 1.165) is 11.1 Å². The van der Waals surface area contributed by atoms with Crippen LogP contribution in [0.15, 0.2) is 72.8 Å². The zero-order valence-corrected chi connectivity index (χ0v) is 17.0. The van der Waals surface area contributed by atoms with Crippen LogP contribution in [-0.4, -0.2) is 30.9 Å². The standard InChI is InChI=1S/C25H25NO3/c1-17-25(27)21-15-23(29-3)22(28-2)14-20(21)24(19-12-8-5-9-13-19)26(17)16-18-10-6-4-7-11-18/h4-15,17,24H,16H2,1-3H3. The molecule has 0 spiro atoms. The number of fused-ring (bicyclic) bond motifs is 1. The number of carbonyl (C=O) groups excluding carboxylic acids is 1. The van der Waals surface area contributed by atoms with Gasteiger partial charge in [0.1, 0.15) is 0 Å². The Morgan fingerprint density at radius 3 is 2.07 bits per heavy atom. The van der Waals surface area contributed by atoms with E-state index in [1.807, 2.05) is 55.5 Å². The number of hydrogen-bond acceptors (Lipinski definition) is 4. The topological polar surface area (TPSA) is 38.8 Å². The summed E-state index contributed by atoms with van der Waals surface area (Å²) in [5.41, 5.74) is 3.98. The summed E-state index contributed by atoms with van der Waals surface area (Å²) < 4.78 is 11.0. The molecule has 1 aliphatic heterocycles. The third-order valence-corrected chi connectivity index (χ3v) is 5.65. The van der Waals surface area contributed by atoms with Crippen molar-refractivity contribution >= 4 is 5.78 Å². The first kappa shape index (κ1) is 19.2. The van der Waals surface area contributed by atoms with E-state index in [2.05, 4.69) is 29.2 Å². The fourth-order valence-corrected chi connectivity index (χ4v) is 4.14. The number of nitrogens with zero attached hydrogens (tertiary/aromatic N) is 1. The van der Waals surface area contributed by atoms with Gasteiger partial charge in [0.05, 0.1) is 26.3 Å². The highest BCUT2D eigenvalue weighted by molar-refractivity contribution is 6.03. The van der Waals surface area contributed by atoms with E-state index in [4.69, 9.17) is 9.47 Å². The molecular formula is C25H25NO3. The second-order valence-corrected chi connectivity index (χ2v) is 7.31. The Bertz CT molecular complexity index is 1000. The van der Waals surface area contributed by atoms with E-state index in [1.165, 1.54) is 5.56 Å². The number of benzene rings is 3. The Morgan fingerprint density at radius 2 is 1.45 bits per heavy atom. The molecule has 4 rings (SSSR count). The summed E-state index contributed by atoms with van der Waals surface area (Å²) in [7, 11) is 3.22. The largest absolute Gasteiger partial charge is 0.493 e. The van der Waals surface area contributed by atoms with Crippen LogP contribution < -0.4 is 9.47 Å². The van der Waals surface area contributed by atoms with Crippen molar-refractivity contribution in [1.82, 2.24) is 4.90 Å². The average molecular weight is 387 g/mol. The van der Waals surface area contributed by atoms with E-state index in [0.29, 0.717) is 23.6 Å². The molecule has 0 amide bonds. The SMILES string of the molecule is COc1cc2c(cc1OC)C(c1ccccc1)N(Cc1ccccc1)C(C)C2=O. The second kappa shape index (κ2) is 8.10. The molecule has 1 aliphatic rings. The van der Waals surface area contributed by atoms with E-state index in [9.17, 15) is 4.79 Å². The zero-order chi connectivity index (χ0) is 20.4. The van der Waals surface area contributed by atoms with Crippen molar-refractivity contribution in [3.63, 3.8) is 0 Å². The quantitative estimate of drug-likeness (QED) is 0.625. The van der Waals surface area contributed by atoms with Gasteiger partial charge in [-0.05, 0) is 35.7 Å². The number of hydrogen-bond donors (Lipinski definition) is 0. The van der Waals surface area contributed by atoms with Crippen LogP contribution in [0.25, 0.3) is 0 Å². The Hall–Kier alpha value is -3.11. The molecule has 3 aromatic carbocycles. The number of ether oxygens (including phenoxy) is 2. The number of Topliss-reactive ketones (excluding diaryl/α,β-unsaturated/α-hetero) is 1. The van der Waals surface area contributed by atoms with Gasteiger partial charge in [0.25, 0.3) is 0 Å². The van der Waals surface area contributed by atoms with Gasteiger partial charge in [0.2, 0.25) is 0 Å². The highest BCUT2D eigenvalue weighted by Crippen LogP contribution is 2.43. The van der Waals surface area contributed by atoms with Crippen LogP contribution >= 0.6 is 0 Å². The number of carbonyl (C=O) groups is 1. The van der Waals surface area contributed by atoms with Crippen molar-refractivity contribution in [2.24, 2.45) is 0 Å². The van der Waals surface area contributed by atoms with Gasteiger partial charge < -0.3 is 9.47 Å². The lowest BCUT2D eigenvalue weighted by molar-refractivity contribution is 0.0725. The third-order valence-electron chi connectivity index (χ3n) is 5.65. The maximum absolute atomic E-state index is 13.3. The fourth-order valence-electron chi connectivity index (χ4n) is 4.14.